The van der Waals surface area contributed by atoms with Crippen molar-refractivity contribution >= 4 is 14.6 Å². The van der Waals surface area contributed by atoms with Gasteiger partial charge in [-0.3, -0.25) is 0 Å². The van der Waals surface area contributed by atoms with Gasteiger partial charge in [0.15, 0.2) is 0 Å². The van der Waals surface area contributed by atoms with Crippen molar-refractivity contribution in [2.45, 2.75) is 19.4 Å². The highest BCUT2D eigenvalue weighted by Gasteiger charge is 2.30. The number of rotatable bonds is 5. The zero-order chi connectivity index (χ0) is 11.2. The Kier molecular flexibility index (Phi) is 5.08. The molecule has 6 nitrogen and oxygen atoms in total. The van der Waals surface area contributed by atoms with E-state index in [-0.39, 0.29) is 6.10 Å². The summed E-state index contributed by atoms with van der Waals surface area (Å²) in [6, 6.07) is 0. The third-order valence-corrected chi connectivity index (χ3v) is 2.20. The molecule has 16 heavy (non-hydrogen) atoms. The van der Waals surface area contributed by atoms with E-state index in [0.29, 0.717) is 33.0 Å². The lowest BCUT2D eigenvalue weighted by Gasteiger charge is -2.21. The van der Waals surface area contributed by atoms with Crippen LogP contribution in [0.25, 0.3) is 0 Å². The van der Waals surface area contributed by atoms with Gasteiger partial charge in [0.1, 0.15) is 0 Å². The number of hydrogen-bond acceptors (Lipinski definition) is 6. The third kappa shape index (κ3) is 4.04. The first-order valence-corrected chi connectivity index (χ1v) is 5.58. The van der Waals surface area contributed by atoms with E-state index in [2.05, 4.69) is 0 Å². The first-order valence-electron chi connectivity index (χ1n) is 5.58. The second kappa shape index (κ2) is 6.58. The highest BCUT2D eigenvalue weighted by atomic mass is 16.8. The van der Waals surface area contributed by atoms with Gasteiger partial charge in [0.2, 0.25) is 0 Å². The molecule has 0 aromatic carbocycles. The van der Waals surface area contributed by atoms with Crippen molar-refractivity contribution in [1.82, 2.24) is 0 Å². The van der Waals surface area contributed by atoms with Crippen LogP contribution in [0.4, 0.5) is 0 Å². The van der Waals surface area contributed by atoms with Crippen LogP contribution in [0.3, 0.4) is 0 Å². The van der Waals surface area contributed by atoms with Crippen LogP contribution in [-0.2, 0) is 27.9 Å². The fourth-order valence-electron chi connectivity index (χ4n) is 1.42. The molecular weight excluding hydrogens is 214 g/mol. The molecule has 2 heterocycles. The van der Waals surface area contributed by atoms with Crippen molar-refractivity contribution in [3.8, 4) is 0 Å². The van der Waals surface area contributed by atoms with Crippen LogP contribution >= 0.6 is 0 Å². The van der Waals surface area contributed by atoms with Gasteiger partial charge in [-0.25, -0.2) is 0 Å². The molecule has 0 amide bonds. The van der Waals surface area contributed by atoms with E-state index in [0.717, 1.165) is 6.42 Å². The number of hydrogen-bond donors (Lipinski definition) is 0. The largest absolute Gasteiger partial charge is 0.639 e. The van der Waals surface area contributed by atoms with Crippen molar-refractivity contribution in [2.75, 3.05) is 33.0 Å². The summed E-state index contributed by atoms with van der Waals surface area (Å²) in [5, 5.41) is 0. The molecule has 0 bridgehead atoms. The molecule has 0 N–H and O–H groups in total. The summed E-state index contributed by atoms with van der Waals surface area (Å²) >= 11 is 0. The van der Waals surface area contributed by atoms with Gasteiger partial charge in [-0.15, -0.1) is 0 Å². The molecule has 2 rings (SSSR count). The van der Waals surface area contributed by atoms with Gasteiger partial charge in [0.25, 0.3) is 0 Å². The Balaban J connectivity index is 1.57. The zero-order valence-corrected chi connectivity index (χ0v) is 9.42. The summed E-state index contributed by atoms with van der Waals surface area (Å²) in [4.78, 5) is 0. The van der Waals surface area contributed by atoms with E-state index in [4.69, 9.17) is 27.9 Å². The maximum absolute atomic E-state index is 5.42. The van der Waals surface area contributed by atoms with E-state index in [9.17, 15) is 0 Å². The van der Waals surface area contributed by atoms with Crippen LogP contribution in [0.15, 0.2) is 0 Å². The molecule has 0 spiro atoms. The Labute approximate surface area is 95.8 Å². The lowest BCUT2D eigenvalue weighted by Crippen LogP contribution is -2.36. The predicted molar refractivity (Wildman–Crippen MR) is 56.4 cm³/mol. The van der Waals surface area contributed by atoms with E-state index in [1.807, 2.05) is 6.92 Å². The van der Waals surface area contributed by atoms with E-state index in [1.165, 1.54) is 0 Å². The van der Waals surface area contributed by atoms with E-state index >= 15 is 0 Å². The molecule has 8 heteroatoms. The zero-order valence-electron chi connectivity index (χ0n) is 9.42. The molecule has 2 saturated heterocycles. The van der Waals surface area contributed by atoms with Gasteiger partial charge < -0.3 is 27.9 Å². The fourth-order valence-corrected chi connectivity index (χ4v) is 1.42. The van der Waals surface area contributed by atoms with Crippen molar-refractivity contribution in [3.63, 3.8) is 0 Å². The van der Waals surface area contributed by atoms with Crippen molar-refractivity contribution in [3.05, 3.63) is 0 Å². The fraction of sp³-hybridized carbons (Fsp3) is 1.00. The molecule has 2 fully saturated rings. The summed E-state index contributed by atoms with van der Waals surface area (Å²) in [5.41, 5.74) is 0. The molecule has 2 aliphatic heterocycles. The second-order valence-corrected chi connectivity index (χ2v) is 3.69. The molecule has 90 valence electrons. The first kappa shape index (κ1) is 12.3. The summed E-state index contributed by atoms with van der Waals surface area (Å²) in [6.07, 6.45) is 0.785. The van der Waals surface area contributed by atoms with Gasteiger partial charge in [-0.1, -0.05) is 0 Å². The van der Waals surface area contributed by atoms with Gasteiger partial charge in [0.05, 0.1) is 25.9 Å². The summed E-state index contributed by atoms with van der Waals surface area (Å²) in [5.74, 6) is 0. The lowest BCUT2D eigenvalue weighted by atomic mass is 10.2. The van der Waals surface area contributed by atoms with Gasteiger partial charge in [-0.05, 0) is 13.3 Å². The van der Waals surface area contributed by atoms with Crippen molar-refractivity contribution in [1.29, 1.82) is 0 Å². The maximum atomic E-state index is 5.42. The molecule has 0 aromatic rings. The predicted octanol–water partition coefficient (Wildman–Crippen LogP) is -0.138. The van der Waals surface area contributed by atoms with Gasteiger partial charge in [-0.2, -0.15) is 0 Å². The van der Waals surface area contributed by atoms with Gasteiger partial charge >= 0.3 is 14.6 Å². The standard InChI is InChI=1S/C8H16B2O6/c1-8(16-10-13-5-6-14-10)7-15-9-11-3-2-4-12-9/h8H,2-7H2,1H3. The Bertz CT molecular complexity index is 195. The highest BCUT2D eigenvalue weighted by Crippen LogP contribution is 2.07. The van der Waals surface area contributed by atoms with Crippen LogP contribution in [-0.4, -0.2) is 53.8 Å². The molecule has 2 aliphatic rings. The minimum absolute atomic E-state index is 0.128. The minimum Gasteiger partial charge on any atom is -0.386 e. The third-order valence-electron chi connectivity index (χ3n) is 2.20. The van der Waals surface area contributed by atoms with Gasteiger partial charge in [0, 0.05) is 13.2 Å². The van der Waals surface area contributed by atoms with Crippen molar-refractivity contribution in [2.24, 2.45) is 0 Å². The topological polar surface area (TPSA) is 55.4 Å². The van der Waals surface area contributed by atoms with Crippen LogP contribution in [0.2, 0.25) is 0 Å². The average molecular weight is 230 g/mol. The Morgan fingerprint density at radius 1 is 1.00 bits per heavy atom. The molecule has 0 saturated carbocycles. The van der Waals surface area contributed by atoms with E-state index in [1.54, 1.807) is 0 Å². The highest BCUT2D eigenvalue weighted by molar-refractivity contribution is 6.37. The summed E-state index contributed by atoms with van der Waals surface area (Å²) in [7, 11) is -1.13. The normalized spacial score (nSPS) is 23.8. The molecular formula is C8H16B2O6. The molecule has 1 atom stereocenters. The quantitative estimate of drug-likeness (QED) is 0.612. The van der Waals surface area contributed by atoms with Crippen LogP contribution in [0, 0.1) is 0 Å². The Hall–Kier alpha value is -0.110. The van der Waals surface area contributed by atoms with Crippen LogP contribution < -0.4 is 0 Å². The monoisotopic (exact) mass is 230 g/mol. The Morgan fingerprint density at radius 3 is 2.31 bits per heavy atom. The molecule has 0 aliphatic carbocycles. The van der Waals surface area contributed by atoms with Crippen LogP contribution in [0.5, 0.6) is 0 Å². The molecule has 0 aromatic heterocycles. The minimum atomic E-state index is -0.565. The van der Waals surface area contributed by atoms with Crippen LogP contribution in [0.1, 0.15) is 13.3 Å². The summed E-state index contributed by atoms with van der Waals surface area (Å²) in [6.45, 7) is 4.77. The Morgan fingerprint density at radius 2 is 1.62 bits per heavy atom. The summed E-state index contributed by atoms with van der Waals surface area (Å²) < 4.78 is 31.6. The lowest BCUT2D eigenvalue weighted by molar-refractivity contribution is 0.0208. The SMILES string of the molecule is CC(COB1OCCCO1)OB1OCCO1. The molecule has 1 unspecified atom stereocenters. The van der Waals surface area contributed by atoms with Crippen molar-refractivity contribution < 1.29 is 27.9 Å². The second-order valence-electron chi connectivity index (χ2n) is 3.69. The maximum Gasteiger partial charge on any atom is 0.639 e. The smallest absolute Gasteiger partial charge is 0.386 e. The van der Waals surface area contributed by atoms with E-state index < -0.39 is 14.6 Å². The average Bonchev–Trinajstić information content (AvgIpc) is 2.81. The first-order chi connectivity index (χ1) is 7.84. The molecule has 0 radical (unpaired) electrons.